The first-order valence-corrected chi connectivity index (χ1v) is 7.07. The molecule has 5 atom stereocenters. The van der Waals surface area contributed by atoms with E-state index in [1.165, 1.54) is 15.4 Å². The summed E-state index contributed by atoms with van der Waals surface area (Å²) in [6.45, 7) is 1.19. The first-order valence-electron chi connectivity index (χ1n) is 7.07. The molecule has 0 spiro atoms. The molecule has 0 aromatic carbocycles. The van der Waals surface area contributed by atoms with Gasteiger partial charge < -0.3 is 14.9 Å². The number of aromatic nitrogens is 6. The fraction of sp³-hybridized carbons (Fsp3) is 0.583. The number of aromatic amines is 1. The molecule has 0 radical (unpaired) electrons. The second kappa shape index (κ2) is 4.81. The van der Waals surface area contributed by atoms with E-state index in [4.69, 9.17) is 4.74 Å². The lowest BCUT2D eigenvalue weighted by atomic mass is 9.91. The van der Waals surface area contributed by atoms with Crippen molar-refractivity contribution in [1.82, 2.24) is 29.8 Å². The molecule has 1 saturated heterocycles. The Balaban J connectivity index is 1.89. The summed E-state index contributed by atoms with van der Waals surface area (Å²) in [5.74, 6) is -0.172. The van der Waals surface area contributed by atoms with Crippen LogP contribution in [0, 0.1) is 6.92 Å². The molecule has 2 aliphatic rings. The average Bonchev–Trinajstić information content (AvgIpc) is 3.04. The predicted octanol–water partition coefficient (Wildman–Crippen LogP) is -2.58. The van der Waals surface area contributed by atoms with Crippen LogP contribution in [-0.2, 0) is 4.74 Å². The fourth-order valence-electron chi connectivity index (χ4n) is 3.32. The van der Waals surface area contributed by atoms with E-state index in [0.717, 1.165) is 0 Å². The normalized spacial score (nSPS) is 32.0. The van der Waals surface area contributed by atoms with Gasteiger partial charge in [-0.3, -0.25) is 14.3 Å². The molecule has 23 heavy (non-hydrogen) atoms. The molecule has 2 aromatic heterocycles. The third kappa shape index (κ3) is 1.84. The zero-order valence-corrected chi connectivity index (χ0v) is 12.0. The third-order valence-electron chi connectivity index (χ3n) is 4.42. The lowest BCUT2D eigenvalue weighted by Gasteiger charge is -2.38. The maximum Gasteiger partial charge on any atom is 0.330 e. The minimum absolute atomic E-state index is 0.320. The van der Waals surface area contributed by atoms with Gasteiger partial charge in [0.2, 0.25) is 0 Å². The van der Waals surface area contributed by atoms with E-state index in [-0.39, 0.29) is 6.61 Å². The summed E-state index contributed by atoms with van der Waals surface area (Å²) >= 11 is 0. The number of aliphatic hydroxyl groups excluding tert-OH is 2. The van der Waals surface area contributed by atoms with Gasteiger partial charge in [0.15, 0.2) is 12.1 Å². The van der Waals surface area contributed by atoms with Crippen LogP contribution in [0.15, 0.2) is 15.8 Å². The number of nitrogens with one attached hydrogen (secondary N) is 1. The molecular formula is C12H14N6O5. The van der Waals surface area contributed by atoms with E-state index in [1.54, 1.807) is 6.92 Å². The van der Waals surface area contributed by atoms with Crippen LogP contribution in [0.1, 0.15) is 29.6 Å². The van der Waals surface area contributed by atoms with Gasteiger partial charge in [-0.15, -0.1) is 5.10 Å². The first kappa shape index (κ1) is 14.2. The lowest BCUT2D eigenvalue weighted by Crippen LogP contribution is -2.47. The van der Waals surface area contributed by atoms with Gasteiger partial charge >= 0.3 is 5.69 Å². The Kier molecular flexibility index (Phi) is 2.98. The van der Waals surface area contributed by atoms with Crippen molar-refractivity contribution in [2.75, 3.05) is 6.61 Å². The number of hydrogen-bond donors (Lipinski definition) is 3. The van der Waals surface area contributed by atoms with Gasteiger partial charge in [-0.25, -0.2) is 9.48 Å². The van der Waals surface area contributed by atoms with Gasteiger partial charge in [0.25, 0.3) is 5.56 Å². The van der Waals surface area contributed by atoms with E-state index < -0.39 is 41.6 Å². The van der Waals surface area contributed by atoms with Gasteiger partial charge in [0, 0.05) is 11.8 Å². The van der Waals surface area contributed by atoms with E-state index in [2.05, 4.69) is 20.5 Å². The summed E-state index contributed by atoms with van der Waals surface area (Å²) in [5, 5.41) is 31.4. The van der Waals surface area contributed by atoms with Gasteiger partial charge in [0.1, 0.15) is 6.04 Å². The highest BCUT2D eigenvalue weighted by Gasteiger charge is 2.56. The molecule has 4 rings (SSSR count). The molecule has 0 saturated carbocycles. The average molecular weight is 322 g/mol. The topological polar surface area (TPSA) is 148 Å². The minimum atomic E-state index is -0.953. The van der Waals surface area contributed by atoms with Crippen molar-refractivity contribution in [3.63, 3.8) is 0 Å². The number of aryl methyl sites for hydroxylation is 1. The number of rotatable bonds is 2. The summed E-state index contributed by atoms with van der Waals surface area (Å²) < 4.78 is 8.38. The molecule has 122 valence electrons. The van der Waals surface area contributed by atoms with E-state index in [9.17, 15) is 19.8 Å². The molecule has 1 fully saturated rings. The molecule has 0 aliphatic carbocycles. The second-order valence-corrected chi connectivity index (χ2v) is 5.71. The lowest BCUT2D eigenvalue weighted by molar-refractivity contribution is -0.173. The van der Waals surface area contributed by atoms with E-state index in [0.29, 0.717) is 11.4 Å². The van der Waals surface area contributed by atoms with Gasteiger partial charge in [-0.2, -0.15) is 0 Å². The molecule has 2 bridgehead atoms. The highest BCUT2D eigenvalue weighted by Crippen LogP contribution is 2.48. The number of ether oxygens (including phenoxy) is 1. The Morgan fingerprint density at radius 1 is 1.43 bits per heavy atom. The van der Waals surface area contributed by atoms with Crippen molar-refractivity contribution in [3.05, 3.63) is 38.4 Å². The number of aliphatic hydroxyl groups is 2. The van der Waals surface area contributed by atoms with Crippen molar-refractivity contribution in [1.29, 1.82) is 0 Å². The molecule has 2 aromatic rings. The van der Waals surface area contributed by atoms with Crippen molar-refractivity contribution >= 4 is 0 Å². The largest absolute Gasteiger partial charge is 0.394 e. The number of H-pyrrole nitrogens is 1. The highest BCUT2D eigenvalue weighted by atomic mass is 16.5. The standard InChI is InChI=1S/C12H14N6O5/c1-4-2-17(12(22)13-10(4)21)11-7-8(20)6(5(3-19)23-11)9-14-15-16-18(7)9/h2,5-8,11,19-20H,3H2,1H3,(H,13,21,22)/t5?,6-,7?,8?,11+/m0/s1. The van der Waals surface area contributed by atoms with E-state index in [1.807, 2.05) is 0 Å². The van der Waals surface area contributed by atoms with Crippen molar-refractivity contribution in [3.8, 4) is 0 Å². The Labute approximate surface area is 128 Å². The quantitative estimate of drug-likeness (QED) is 0.546. The number of nitrogens with zero attached hydrogens (tertiary/aromatic N) is 5. The molecule has 2 aliphatic heterocycles. The third-order valence-corrected chi connectivity index (χ3v) is 4.42. The minimum Gasteiger partial charge on any atom is -0.394 e. The van der Waals surface area contributed by atoms with Crippen molar-refractivity contribution in [2.24, 2.45) is 0 Å². The van der Waals surface area contributed by atoms with Crippen LogP contribution in [0.4, 0.5) is 0 Å². The van der Waals surface area contributed by atoms with Crippen LogP contribution in [0.25, 0.3) is 0 Å². The van der Waals surface area contributed by atoms with Crippen LogP contribution in [0.3, 0.4) is 0 Å². The van der Waals surface area contributed by atoms with E-state index >= 15 is 0 Å². The summed E-state index contributed by atoms with van der Waals surface area (Å²) in [7, 11) is 0. The maximum absolute atomic E-state index is 12.1. The van der Waals surface area contributed by atoms with Crippen LogP contribution < -0.4 is 11.2 Å². The van der Waals surface area contributed by atoms with Gasteiger partial charge in [-0.1, -0.05) is 0 Å². The second-order valence-electron chi connectivity index (χ2n) is 5.71. The molecule has 11 nitrogen and oxygen atoms in total. The zero-order valence-electron chi connectivity index (χ0n) is 12.0. The molecule has 3 N–H and O–H groups in total. The van der Waals surface area contributed by atoms with Crippen molar-refractivity contribution < 1.29 is 14.9 Å². The molecule has 0 amide bonds. The van der Waals surface area contributed by atoms with Gasteiger partial charge in [-0.05, 0) is 17.4 Å². The summed E-state index contributed by atoms with van der Waals surface area (Å²) in [4.78, 5) is 25.9. The number of hydrogen-bond acceptors (Lipinski definition) is 8. The van der Waals surface area contributed by atoms with Crippen LogP contribution in [-0.4, -0.2) is 58.8 Å². The maximum atomic E-state index is 12.1. The first-order chi connectivity index (χ1) is 11.0. The highest BCUT2D eigenvalue weighted by molar-refractivity contribution is 5.16. The Hall–Kier alpha value is -2.37. The summed E-state index contributed by atoms with van der Waals surface area (Å²) in [6.07, 6.45) is -1.30. The molecule has 3 unspecified atom stereocenters. The predicted molar refractivity (Wildman–Crippen MR) is 72.7 cm³/mol. The number of tetrazole rings is 1. The summed E-state index contributed by atoms with van der Waals surface area (Å²) in [6, 6.07) is -0.726. The number of fused-ring (bicyclic) bond motifs is 5. The zero-order chi connectivity index (χ0) is 16.3. The van der Waals surface area contributed by atoms with Crippen LogP contribution >= 0.6 is 0 Å². The monoisotopic (exact) mass is 322 g/mol. The Morgan fingerprint density at radius 3 is 2.96 bits per heavy atom. The van der Waals surface area contributed by atoms with Gasteiger partial charge in [0.05, 0.1) is 24.7 Å². The molecule has 11 heteroatoms. The Morgan fingerprint density at radius 2 is 2.22 bits per heavy atom. The Bertz CT molecular complexity index is 871. The molecular weight excluding hydrogens is 308 g/mol. The van der Waals surface area contributed by atoms with Crippen molar-refractivity contribution in [2.45, 2.75) is 37.3 Å². The van der Waals surface area contributed by atoms with Crippen LogP contribution in [0.5, 0.6) is 0 Å². The van der Waals surface area contributed by atoms with Crippen LogP contribution in [0.2, 0.25) is 0 Å². The smallest absolute Gasteiger partial charge is 0.330 e. The fourth-order valence-corrected chi connectivity index (χ4v) is 3.32. The SMILES string of the molecule is Cc1cn([C@@H]2OC(CO)[C@@H]3c4nnnn4C2C3O)c(=O)[nH]c1=O. The molecule has 4 heterocycles. The summed E-state index contributed by atoms with van der Waals surface area (Å²) in [5.41, 5.74) is -0.844.